The average molecular weight is 337 g/mol. The first-order valence-corrected chi connectivity index (χ1v) is 8.26. The lowest BCUT2D eigenvalue weighted by atomic mass is 10.1. The van der Waals surface area contributed by atoms with E-state index in [1.807, 2.05) is 24.4 Å². The van der Waals surface area contributed by atoms with E-state index in [0.29, 0.717) is 6.54 Å². The lowest BCUT2D eigenvalue weighted by Crippen LogP contribution is -2.22. The van der Waals surface area contributed by atoms with Crippen molar-refractivity contribution >= 4 is 0 Å². The van der Waals surface area contributed by atoms with Crippen LogP contribution in [0.4, 0.5) is 0 Å². The molecule has 0 saturated carbocycles. The molecular formula is C19H23N5O. The molecule has 6 nitrogen and oxygen atoms in total. The van der Waals surface area contributed by atoms with Gasteiger partial charge in [0.25, 0.3) is 0 Å². The monoisotopic (exact) mass is 337 g/mol. The molecule has 1 atom stereocenters. The largest absolute Gasteiger partial charge is 0.496 e. The van der Waals surface area contributed by atoms with E-state index in [4.69, 9.17) is 4.74 Å². The molecule has 6 heteroatoms. The van der Waals surface area contributed by atoms with Crippen LogP contribution < -0.4 is 4.74 Å². The van der Waals surface area contributed by atoms with Gasteiger partial charge in [0.1, 0.15) is 18.4 Å². The zero-order chi connectivity index (χ0) is 17.6. The molecule has 3 aromatic rings. The van der Waals surface area contributed by atoms with Crippen LogP contribution in [0.3, 0.4) is 0 Å². The van der Waals surface area contributed by atoms with E-state index >= 15 is 0 Å². The number of hydrogen-bond acceptors (Lipinski definition) is 5. The molecule has 1 unspecified atom stereocenters. The molecule has 25 heavy (non-hydrogen) atoms. The van der Waals surface area contributed by atoms with Gasteiger partial charge >= 0.3 is 0 Å². The van der Waals surface area contributed by atoms with Crippen molar-refractivity contribution in [2.24, 2.45) is 0 Å². The number of hydrogen-bond donors (Lipinski definition) is 0. The maximum atomic E-state index is 5.49. The van der Waals surface area contributed by atoms with Crippen molar-refractivity contribution in [3.05, 3.63) is 72.1 Å². The molecule has 0 N–H and O–H groups in total. The van der Waals surface area contributed by atoms with Gasteiger partial charge in [0.05, 0.1) is 19.3 Å². The molecule has 0 aliphatic rings. The van der Waals surface area contributed by atoms with Crippen LogP contribution in [-0.4, -0.2) is 38.8 Å². The topological polar surface area (TPSA) is 56.1 Å². The third-order valence-corrected chi connectivity index (χ3v) is 4.35. The maximum Gasteiger partial charge on any atom is 0.137 e. The van der Waals surface area contributed by atoms with Crippen molar-refractivity contribution in [1.29, 1.82) is 0 Å². The molecule has 130 valence electrons. The molecule has 0 aliphatic heterocycles. The highest BCUT2D eigenvalue weighted by atomic mass is 16.5. The lowest BCUT2D eigenvalue weighted by molar-refractivity contribution is 0.248. The molecular weight excluding hydrogens is 314 g/mol. The molecule has 0 aliphatic carbocycles. The van der Waals surface area contributed by atoms with Gasteiger partial charge in [0.15, 0.2) is 0 Å². The van der Waals surface area contributed by atoms with Crippen molar-refractivity contribution in [3.63, 3.8) is 0 Å². The van der Waals surface area contributed by atoms with Crippen molar-refractivity contribution in [3.8, 4) is 5.75 Å². The lowest BCUT2D eigenvalue weighted by Gasteiger charge is -2.24. The Morgan fingerprint density at radius 2 is 2.12 bits per heavy atom. The Morgan fingerprint density at radius 3 is 2.80 bits per heavy atom. The Bertz CT molecular complexity index is 789. The summed E-state index contributed by atoms with van der Waals surface area (Å²) in [6.07, 6.45) is 5.09. The second-order valence-electron chi connectivity index (χ2n) is 6.08. The molecule has 0 spiro atoms. The van der Waals surface area contributed by atoms with Gasteiger partial charge in [0.2, 0.25) is 0 Å². The molecule has 3 rings (SSSR count). The van der Waals surface area contributed by atoms with Gasteiger partial charge in [0, 0.05) is 24.3 Å². The minimum Gasteiger partial charge on any atom is -0.496 e. The van der Waals surface area contributed by atoms with Crippen LogP contribution in [0.5, 0.6) is 5.75 Å². The Balaban J connectivity index is 1.75. The molecule has 0 radical (unpaired) electrons. The molecule has 1 aromatic carbocycles. The maximum absolute atomic E-state index is 5.49. The van der Waals surface area contributed by atoms with Gasteiger partial charge in [-0.15, -0.1) is 0 Å². The van der Waals surface area contributed by atoms with Crippen LogP contribution in [0.25, 0.3) is 0 Å². The molecule has 2 heterocycles. The quantitative estimate of drug-likeness (QED) is 0.663. The fourth-order valence-electron chi connectivity index (χ4n) is 2.82. The van der Waals surface area contributed by atoms with Gasteiger partial charge in [-0.25, -0.2) is 9.67 Å². The Morgan fingerprint density at radius 1 is 1.24 bits per heavy atom. The SMILES string of the molecule is COc1ccc(CN(C)C(C)c2ccccn2)cc1Cn1cncn1. The number of aromatic nitrogens is 4. The van der Waals surface area contributed by atoms with Crippen LogP contribution in [-0.2, 0) is 13.1 Å². The highest BCUT2D eigenvalue weighted by molar-refractivity contribution is 5.37. The van der Waals surface area contributed by atoms with Crippen LogP contribution in [0.1, 0.15) is 29.8 Å². The first-order chi connectivity index (χ1) is 12.2. The third-order valence-electron chi connectivity index (χ3n) is 4.35. The number of benzene rings is 1. The number of methoxy groups -OCH3 is 1. The van der Waals surface area contributed by atoms with Crippen molar-refractivity contribution in [2.45, 2.75) is 26.1 Å². The molecule has 0 amide bonds. The van der Waals surface area contributed by atoms with Gasteiger partial charge < -0.3 is 4.74 Å². The second-order valence-corrected chi connectivity index (χ2v) is 6.08. The minimum atomic E-state index is 0.238. The second kappa shape index (κ2) is 7.90. The molecule has 0 saturated heterocycles. The van der Waals surface area contributed by atoms with E-state index in [0.717, 1.165) is 23.6 Å². The number of rotatable bonds is 7. The standard InChI is InChI=1S/C19H23N5O/c1-15(18-6-4-5-9-21-18)23(2)11-16-7-8-19(25-3)17(10-16)12-24-14-20-13-22-24/h4-10,13-15H,11-12H2,1-3H3. The summed E-state index contributed by atoms with van der Waals surface area (Å²) in [6.45, 7) is 3.63. The van der Waals surface area contributed by atoms with Gasteiger partial charge in [-0.1, -0.05) is 12.1 Å². The Hall–Kier alpha value is -2.73. The van der Waals surface area contributed by atoms with E-state index < -0.39 is 0 Å². The van der Waals surface area contributed by atoms with Crippen molar-refractivity contribution < 1.29 is 4.74 Å². The predicted octanol–water partition coefficient (Wildman–Crippen LogP) is 2.92. The van der Waals surface area contributed by atoms with E-state index in [1.165, 1.54) is 5.56 Å². The highest BCUT2D eigenvalue weighted by Crippen LogP contribution is 2.24. The summed E-state index contributed by atoms with van der Waals surface area (Å²) in [5, 5.41) is 4.18. The summed E-state index contributed by atoms with van der Waals surface area (Å²) < 4.78 is 7.28. The van der Waals surface area contributed by atoms with E-state index in [2.05, 4.69) is 52.1 Å². The summed E-state index contributed by atoms with van der Waals surface area (Å²) in [4.78, 5) is 10.7. The fraction of sp³-hybridized carbons (Fsp3) is 0.316. The third kappa shape index (κ3) is 4.22. The molecule has 0 fully saturated rings. The van der Waals surface area contributed by atoms with Gasteiger partial charge in [-0.2, -0.15) is 5.10 Å². The highest BCUT2D eigenvalue weighted by Gasteiger charge is 2.14. The van der Waals surface area contributed by atoms with E-state index in [9.17, 15) is 0 Å². The Labute approximate surface area is 148 Å². The first-order valence-electron chi connectivity index (χ1n) is 8.26. The van der Waals surface area contributed by atoms with Crippen molar-refractivity contribution in [2.75, 3.05) is 14.2 Å². The number of ether oxygens (including phenoxy) is 1. The number of nitrogens with zero attached hydrogens (tertiary/aromatic N) is 5. The van der Waals surface area contributed by atoms with Crippen LogP contribution in [0.15, 0.2) is 55.2 Å². The molecule has 2 aromatic heterocycles. The van der Waals surface area contributed by atoms with Crippen LogP contribution in [0.2, 0.25) is 0 Å². The summed E-state index contributed by atoms with van der Waals surface area (Å²) >= 11 is 0. The zero-order valence-corrected chi connectivity index (χ0v) is 14.8. The van der Waals surface area contributed by atoms with Gasteiger partial charge in [-0.3, -0.25) is 9.88 Å². The average Bonchev–Trinajstić information content (AvgIpc) is 3.15. The van der Waals surface area contributed by atoms with E-state index in [-0.39, 0.29) is 6.04 Å². The normalized spacial score (nSPS) is 12.3. The fourth-order valence-corrected chi connectivity index (χ4v) is 2.82. The summed E-state index contributed by atoms with van der Waals surface area (Å²) in [5.74, 6) is 0.861. The smallest absolute Gasteiger partial charge is 0.137 e. The van der Waals surface area contributed by atoms with Crippen molar-refractivity contribution in [1.82, 2.24) is 24.6 Å². The van der Waals surface area contributed by atoms with Gasteiger partial charge in [-0.05, 0) is 43.8 Å². The zero-order valence-electron chi connectivity index (χ0n) is 14.8. The first kappa shape index (κ1) is 17.1. The summed E-state index contributed by atoms with van der Waals surface area (Å²) in [5.41, 5.74) is 3.38. The minimum absolute atomic E-state index is 0.238. The Kier molecular flexibility index (Phi) is 5.40. The van der Waals surface area contributed by atoms with E-state index in [1.54, 1.807) is 24.4 Å². The number of pyridine rings is 1. The molecule has 0 bridgehead atoms. The summed E-state index contributed by atoms with van der Waals surface area (Å²) in [7, 11) is 3.80. The van der Waals surface area contributed by atoms with Crippen LogP contribution >= 0.6 is 0 Å². The summed E-state index contributed by atoms with van der Waals surface area (Å²) in [6, 6.07) is 12.5. The predicted molar refractivity (Wildman–Crippen MR) is 96.2 cm³/mol. The van der Waals surface area contributed by atoms with Crippen LogP contribution in [0, 0.1) is 0 Å².